The predicted octanol–water partition coefficient (Wildman–Crippen LogP) is 2.01. The maximum absolute atomic E-state index is 13.7. The number of halogens is 4. The zero-order valence-corrected chi connectivity index (χ0v) is 17.6. The first-order valence-corrected chi connectivity index (χ1v) is 10.7. The third-order valence-electron chi connectivity index (χ3n) is 5.70. The Morgan fingerprint density at radius 2 is 1.79 bits per heavy atom. The van der Waals surface area contributed by atoms with Crippen LogP contribution >= 0.6 is 11.3 Å². The van der Waals surface area contributed by atoms with Gasteiger partial charge in [0.25, 0.3) is 0 Å². The van der Waals surface area contributed by atoms with Crippen molar-refractivity contribution in [2.75, 3.05) is 36.0 Å². The minimum atomic E-state index is -4.56. The van der Waals surface area contributed by atoms with E-state index in [4.69, 9.17) is 5.11 Å². The van der Waals surface area contributed by atoms with Crippen molar-refractivity contribution in [3.63, 3.8) is 0 Å². The van der Waals surface area contributed by atoms with Gasteiger partial charge in [-0.15, -0.1) is 20.4 Å². The highest BCUT2D eigenvalue weighted by Gasteiger charge is 2.43. The topological polar surface area (TPSA) is 113 Å². The number of hydrogen-bond donors (Lipinski definition) is 1. The van der Waals surface area contributed by atoms with E-state index in [0.29, 0.717) is 36.3 Å². The Bertz CT molecular complexity index is 1180. The van der Waals surface area contributed by atoms with Gasteiger partial charge in [0.05, 0.1) is 11.3 Å². The van der Waals surface area contributed by atoms with Gasteiger partial charge in [-0.1, -0.05) is 11.3 Å². The first-order valence-electron chi connectivity index (χ1n) is 9.87. The summed E-state index contributed by atoms with van der Waals surface area (Å²) in [5.74, 6) is -1.45. The lowest BCUT2D eigenvalue weighted by Gasteiger charge is -2.25. The van der Waals surface area contributed by atoms with Crippen LogP contribution in [0.3, 0.4) is 0 Å². The van der Waals surface area contributed by atoms with E-state index in [9.17, 15) is 22.4 Å². The molecule has 0 bridgehead atoms. The summed E-state index contributed by atoms with van der Waals surface area (Å²) in [6.45, 7) is 1.48. The molecule has 2 unspecified atom stereocenters. The van der Waals surface area contributed by atoms with Gasteiger partial charge in [-0.3, -0.25) is 4.79 Å². The largest absolute Gasteiger partial charge is 0.480 e. The number of hydrogen-bond acceptors (Lipinski definition) is 9. The second-order valence-corrected chi connectivity index (χ2v) is 8.87. The van der Waals surface area contributed by atoms with Crippen LogP contribution in [0.15, 0.2) is 18.2 Å². The van der Waals surface area contributed by atoms with Gasteiger partial charge < -0.3 is 14.9 Å². The molecule has 15 heteroatoms. The zero-order valence-electron chi connectivity index (χ0n) is 16.8. The molecule has 33 heavy (non-hydrogen) atoms. The Morgan fingerprint density at radius 3 is 2.45 bits per heavy atom. The molecular formula is C18H16F4N8O2S. The summed E-state index contributed by atoms with van der Waals surface area (Å²) < 4.78 is 53.9. The molecule has 10 nitrogen and oxygen atoms in total. The van der Waals surface area contributed by atoms with E-state index >= 15 is 0 Å². The SMILES string of the molecule is O=C(O)Cn1nnc(-c2nnc(N3CC4CN(c5cc(F)ccc5C(F)(F)F)CC4C3)s2)n1. The third kappa shape index (κ3) is 4.19. The summed E-state index contributed by atoms with van der Waals surface area (Å²) in [4.78, 5) is 15.3. The van der Waals surface area contributed by atoms with E-state index in [2.05, 4.69) is 25.6 Å². The minimum absolute atomic E-state index is 0.0938. The normalized spacial score (nSPS) is 20.5. The van der Waals surface area contributed by atoms with Crippen molar-refractivity contribution in [1.29, 1.82) is 0 Å². The first-order chi connectivity index (χ1) is 15.7. The number of carbonyl (C=O) groups is 1. The molecule has 0 aliphatic carbocycles. The number of carboxylic acid groups (broad SMARTS) is 1. The van der Waals surface area contributed by atoms with Crippen molar-refractivity contribution in [3.05, 3.63) is 29.6 Å². The summed E-state index contributed by atoms with van der Waals surface area (Å²) >= 11 is 1.23. The predicted molar refractivity (Wildman–Crippen MR) is 107 cm³/mol. The molecule has 0 amide bonds. The minimum Gasteiger partial charge on any atom is -0.480 e. The fraction of sp³-hybridized carbons (Fsp3) is 0.444. The van der Waals surface area contributed by atoms with Gasteiger partial charge in [-0.05, 0) is 23.4 Å². The van der Waals surface area contributed by atoms with Crippen LogP contribution in [0.4, 0.5) is 28.4 Å². The van der Waals surface area contributed by atoms with E-state index in [-0.39, 0.29) is 23.3 Å². The van der Waals surface area contributed by atoms with E-state index in [1.54, 1.807) is 4.90 Å². The van der Waals surface area contributed by atoms with Gasteiger partial charge in [-0.25, -0.2) is 4.39 Å². The van der Waals surface area contributed by atoms with Gasteiger partial charge in [0.1, 0.15) is 5.82 Å². The number of aromatic nitrogens is 6. The Kier molecular flexibility index (Phi) is 5.14. The van der Waals surface area contributed by atoms with Crippen molar-refractivity contribution in [2.45, 2.75) is 12.7 Å². The smallest absolute Gasteiger partial charge is 0.418 e. The van der Waals surface area contributed by atoms with Gasteiger partial charge >= 0.3 is 12.1 Å². The number of tetrazole rings is 1. The molecule has 2 aliphatic heterocycles. The van der Waals surface area contributed by atoms with Gasteiger partial charge in [0, 0.05) is 38.0 Å². The average Bonchev–Trinajstić information content (AvgIpc) is 3.49. The monoisotopic (exact) mass is 484 g/mol. The fourth-order valence-electron chi connectivity index (χ4n) is 4.30. The van der Waals surface area contributed by atoms with E-state index in [1.807, 2.05) is 4.90 Å². The molecule has 5 rings (SSSR count). The molecule has 2 atom stereocenters. The third-order valence-corrected chi connectivity index (χ3v) is 6.68. The van der Waals surface area contributed by atoms with Crippen molar-refractivity contribution in [2.24, 2.45) is 11.8 Å². The molecule has 0 spiro atoms. The van der Waals surface area contributed by atoms with Crippen LogP contribution in [0.1, 0.15) is 5.56 Å². The Labute approximate surface area is 187 Å². The summed E-state index contributed by atoms with van der Waals surface area (Å²) in [7, 11) is 0. The molecule has 2 saturated heterocycles. The van der Waals surface area contributed by atoms with Crippen LogP contribution in [0, 0.1) is 17.7 Å². The fourth-order valence-corrected chi connectivity index (χ4v) is 5.09. The Morgan fingerprint density at radius 1 is 1.09 bits per heavy atom. The summed E-state index contributed by atoms with van der Waals surface area (Å²) in [6, 6.07) is 2.56. The quantitative estimate of drug-likeness (QED) is 0.544. The van der Waals surface area contributed by atoms with Crippen molar-refractivity contribution in [3.8, 4) is 10.8 Å². The number of fused-ring (bicyclic) bond motifs is 1. The maximum atomic E-state index is 13.7. The lowest BCUT2D eigenvalue weighted by atomic mass is 10.0. The average molecular weight is 484 g/mol. The van der Waals surface area contributed by atoms with Crippen LogP contribution in [-0.4, -0.2) is 67.7 Å². The number of rotatable bonds is 5. The lowest BCUT2D eigenvalue weighted by Crippen LogP contribution is -2.30. The molecule has 2 aliphatic rings. The second-order valence-electron chi connectivity index (χ2n) is 7.92. The number of benzene rings is 1. The lowest BCUT2D eigenvalue weighted by molar-refractivity contribution is -0.138. The van der Waals surface area contributed by atoms with Crippen LogP contribution in [-0.2, 0) is 17.5 Å². The summed E-state index contributed by atoms with van der Waals surface area (Å²) in [5, 5.41) is 29.4. The van der Waals surface area contributed by atoms with E-state index in [1.165, 1.54) is 11.3 Å². The van der Waals surface area contributed by atoms with Crippen LogP contribution in [0.25, 0.3) is 10.8 Å². The van der Waals surface area contributed by atoms with Crippen LogP contribution in [0.2, 0.25) is 0 Å². The molecular weight excluding hydrogens is 468 g/mol. The number of carboxylic acids is 1. The molecule has 174 valence electrons. The summed E-state index contributed by atoms with van der Waals surface area (Å²) in [6.07, 6.45) is -4.56. The molecule has 0 radical (unpaired) electrons. The Balaban J connectivity index is 1.27. The molecule has 0 saturated carbocycles. The van der Waals surface area contributed by atoms with Crippen molar-refractivity contribution >= 4 is 28.1 Å². The molecule has 2 aromatic heterocycles. The van der Waals surface area contributed by atoms with E-state index < -0.39 is 30.1 Å². The van der Waals surface area contributed by atoms with Gasteiger partial charge in [0.2, 0.25) is 11.0 Å². The molecule has 2 fully saturated rings. The number of anilines is 2. The number of alkyl halides is 3. The van der Waals surface area contributed by atoms with E-state index in [0.717, 1.165) is 23.0 Å². The van der Waals surface area contributed by atoms with Gasteiger partial charge in [-0.2, -0.15) is 18.0 Å². The number of nitrogens with zero attached hydrogens (tertiary/aromatic N) is 8. The Hall–Kier alpha value is -3.36. The molecule has 4 heterocycles. The highest BCUT2D eigenvalue weighted by molar-refractivity contribution is 7.18. The highest BCUT2D eigenvalue weighted by atomic mass is 32.1. The van der Waals surface area contributed by atoms with Gasteiger partial charge in [0.15, 0.2) is 11.6 Å². The van der Waals surface area contributed by atoms with Crippen molar-refractivity contribution in [1.82, 2.24) is 30.4 Å². The second kappa shape index (κ2) is 7.90. The molecule has 1 aromatic carbocycles. The molecule has 3 aromatic rings. The summed E-state index contributed by atoms with van der Waals surface area (Å²) in [5.41, 5.74) is -0.963. The first kappa shape index (κ1) is 21.5. The standard InChI is InChI=1S/C18H16F4N8O2S/c19-11-1-2-12(18(20,21)22)13(3-11)28-4-9-6-29(7-10(9)5-28)17-25-24-16(33-17)15-23-27-30(26-15)8-14(31)32/h1-3,9-10H,4-8H2,(H,31,32). The maximum Gasteiger partial charge on any atom is 0.418 e. The number of aliphatic carboxylic acids is 1. The van der Waals surface area contributed by atoms with Crippen LogP contribution < -0.4 is 9.80 Å². The highest BCUT2D eigenvalue weighted by Crippen LogP contribution is 2.42. The molecule has 1 N–H and O–H groups in total. The van der Waals surface area contributed by atoms with Crippen molar-refractivity contribution < 1.29 is 27.5 Å². The van der Waals surface area contributed by atoms with Crippen LogP contribution in [0.5, 0.6) is 0 Å². The zero-order chi connectivity index (χ0) is 23.3.